The Morgan fingerprint density at radius 2 is 1.95 bits per heavy atom. The summed E-state index contributed by atoms with van der Waals surface area (Å²) in [5.74, 6) is -0.816. The first kappa shape index (κ1) is 11.4. The first-order valence-corrected chi connectivity index (χ1v) is 5.79. The van der Waals surface area contributed by atoms with E-state index in [0.29, 0.717) is 16.9 Å². The molecule has 5 heteroatoms. The first-order chi connectivity index (χ1) is 9.09. The number of nitrogens with zero attached hydrogens (tertiary/aromatic N) is 2. The molecule has 0 radical (unpaired) electrons. The minimum absolute atomic E-state index is 0.174. The number of rotatable bonds is 1. The Kier molecular flexibility index (Phi) is 2.35. The molecule has 0 fully saturated rings. The van der Waals surface area contributed by atoms with Gasteiger partial charge in [0.2, 0.25) is 0 Å². The molecule has 19 heavy (non-hydrogen) atoms. The zero-order valence-electron chi connectivity index (χ0n) is 10.3. The summed E-state index contributed by atoms with van der Waals surface area (Å²) in [5, 5.41) is 0. The molecule has 1 aromatic heterocycles. The van der Waals surface area contributed by atoms with E-state index in [1.807, 2.05) is 13.0 Å². The third kappa shape index (κ3) is 1.59. The van der Waals surface area contributed by atoms with E-state index in [9.17, 15) is 9.59 Å². The zero-order chi connectivity index (χ0) is 13.6. The first-order valence-electron chi connectivity index (χ1n) is 5.79. The molecule has 1 aliphatic rings. The molecule has 2 N–H and O–H groups in total. The molecule has 1 aromatic carbocycles. The predicted octanol–water partition coefficient (Wildman–Crippen LogP) is 1.77. The summed E-state index contributed by atoms with van der Waals surface area (Å²) in [6.45, 7) is 1.87. The van der Waals surface area contributed by atoms with E-state index < -0.39 is 5.91 Å². The maximum Gasteiger partial charge on any atom is 0.284 e. The Morgan fingerprint density at radius 1 is 1.16 bits per heavy atom. The number of imide groups is 1. The van der Waals surface area contributed by atoms with Gasteiger partial charge in [-0.25, -0.2) is 4.90 Å². The van der Waals surface area contributed by atoms with Crippen molar-refractivity contribution in [2.75, 3.05) is 10.6 Å². The number of aryl methyl sites for hydroxylation is 1. The molecule has 94 valence electrons. The second-order valence-electron chi connectivity index (χ2n) is 4.41. The van der Waals surface area contributed by atoms with E-state index in [0.717, 1.165) is 10.5 Å². The minimum Gasteiger partial charge on any atom is -0.397 e. The summed E-state index contributed by atoms with van der Waals surface area (Å²) in [5.41, 5.74) is 8.07. The van der Waals surface area contributed by atoms with Crippen LogP contribution in [0.2, 0.25) is 0 Å². The molecule has 0 saturated heterocycles. The fraction of sp³-hybridized carbons (Fsp3) is 0.0714. The van der Waals surface area contributed by atoms with Gasteiger partial charge in [-0.1, -0.05) is 6.07 Å². The number of carbonyl (C=O) groups excluding carboxylic acids is 2. The standard InChI is InChI=1S/C14H11N3O2/c1-8-4-5-10(15)11(7-8)17-13(18)9-3-2-6-16-12(9)14(17)19/h2-7H,15H2,1H3. The summed E-state index contributed by atoms with van der Waals surface area (Å²) in [6, 6.07) is 8.45. The van der Waals surface area contributed by atoms with Gasteiger partial charge in [-0.15, -0.1) is 0 Å². The highest BCUT2D eigenvalue weighted by Gasteiger charge is 2.38. The Morgan fingerprint density at radius 3 is 2.68 bits per heavy atom. The Balaban J connectivity index is 2.17. The van der Waals surface area contributed by atoms with Crippen LogP contribution in [0.15, 0.2) is 36.5 Å². The number of hydrogen-bond acceptors (Lipinski definition) is 4. The molecule has 0 unspecified atom stereocenters. The van der Waals surface area contributed by atoms with Crippen molar-refractivity contribution < 1.29 is 9.59 Å². The average molecular weight is 253 g/mol. The van der Waals surface area contributed by atoms with Gasteiger partial charge < -0.3 is 5.73 Å². The van der Waals surface area contributed by atoms with Gasteiger partial charge in [0, 0.05) is 6.20 Å². The molecule has 5 nitrogen and oxygen atoms in total. The van der Waals surface area contributed by atoms with E-state index in [1.165, 1.54) is 6.20 Å². The van der Waals surface area contributed by atoms with Crippen LogP contribution >= 0.6 is 0 Å². The lowest BCUT2D eigenvalue weighted by Gasteiger charge is -2.16. The highest BCUT2D eigenvalue weighted by molar-refractivity contribution is 6.34. The van der Waals surface area contributed by atoms with Gasteiger partial charge in [0.1, 0.15) is 5.69 Å². The zero-order valence-corrected chi connectivity index (χ0v) is 10.3. The Labute approximate surface area is 109 Å². The van der Waals surface area contributed by atoms with Crippen LogP contribution in [0.3, 0.4) is 0 Å². The number of amides is 2. The smallest absolute Gasteiger partial charge is 0.284 e. The largest absolute Gasteiger partial charge is 0.397 e. The van der Waals surface area contributed by atoms with Crippen molar-refractivity contribution in [3.05, 3.63) is 53.3 Å². The normalized spacial score (nSPS) is 13.8. The van der Waals surface area contributed by atoms with Crippen molar-refractivity contribution in [2.24, 2.45) is 0 Å². The molecule has 0 aliphatic carbocycles. The quantitative estimate of drug-likeness (QED) is 0.620. The number of pyridine rings is 1. The van der Waals surface area contributed by atoms with Crippen LogP contribution in [0.4, 0.5) is 11.4 Å². The monoisotopic (exact) mass is 253 g/mol. The van der Waals surface area contributed by atoms with Crippen LogP contribution in [-0.2, 0) is 0 Å². The topological polar surface area (TPSA) is 76.3 Å². The molecule has 0 bridgehead atoms. The van der Waals surface area contributed by atoms with Crippen molar-refractivity contribution in [1.82, 2.24) is 4.98 Å². The second-order valence-corrected chi connectivity index (χ2v) is 4.41. The fourth-order valence-corrected chi connectivity index (χ4v) is 2.13. The van der Waals surface area contributed by atoms with Crippen LogP contribution in [0.5, 0.6) is 0 Å². The lowest BCUT2D eigenvalue weighted by atomic mass is 10.2. The SMILES string of the molecule is Cc1ccc(N)c(N2C(=O)c3cccnc3C2=O)c1. The van der Waals surface area contributed by atoms with E-state index in [1.54, 1.807) is 24.3 Å². The van der Waals surface area contributed by atoms with Gasteiger partial charge in [0.05, 0.1) is 16.9 Å². The molecule has 2 amide bonds. The van der Waals surface area contributed by atoms with E-state index in [4.69, 9.17) is 5.73 Å². The van der Waals surface area contributed by atoms with Gasteiger partial charge in [-0.2, -0.15) is 0 Å². The molecular weight excluding hydrogens is 242 g/mol. The molecule has 3 rings (SSSR count). The molecule has 1 aliphatic heterocycles. The minimum atomic E-state index is -0.432. The van der Waals surface area contributed by atoms with E-state index in [-0.39, 0.29) is 11.6 Å². The number of hydrogen-bond donors (Lipinski definition) is 1. The van der Waals surface area contributed by atoms with Crippen molar-refractivity contribution in [2.45, 2.75) is 6.92 Å². The second kappa shape index (κ2) is 3.91. The molecule has 0 saturated carbocycles. The van der Waals surface area contributed by atoms with Crippen LogP contribution in [0, 0.1) is 6.92 Å². The molecule has 0 spiro atoms. The number of fused-ring (bicyclic) bond motifs is 1. The summed E-state index contributed by atoms with van der Waals surface area (Å²) in [7, 11) is 0. The average Bonchev–Trinajstić information content (AvgIpc) is 2.66. The van der Waals surface area contributed by atoms with Crippen LogP contribution in [0.1, 0.15) is 26.4 Å². The van der Waals surface area contributed by atoms with Gasteiger partial charge in [0.25, 0.3) is 11.8 Å². The summed E-state index contributed by atoms with van der Waals surface area (Å²) in [6.07, 6.45) is 1.49. The number of benzene rings is 1. The summed E-state index contributed by atoms with van der Waals surface area (Å²) < 4.78 is 0. The lowest BCUT2D eigenvalue weighted by Crippen LogP contribution is -2.30. The number of nitrogens with two attached hydrogens (primary N) is 1. The summed E-state index contributed by atoms with van der Waals surface area (Å²) >= 11 is 0. The highest BCUT2D eigenvalue weighted by Crippen LogP contribution is 2.31. The van der Waals surface area contributed by atoms with Gasteiger partial charge in [-0.3, -0.25) is 14.6 Å². The Bertz CT molecular complexity index is 675. The lowest BCUT2D eigenvalue weighted by molar-refractivity contribution is 0.0925. The Hall–Kier alpha value is -2.69. The fourth-order valence-electron chi connectivity index (χ4n) is 2.13. The maximum atomic E-state index is 12.3. The van der Waals surface area contributed by atoms with E-state index >= 15 is 0 Å². The van der Waals surface area contributed by atoms with Crippen molar-refractivity contribution in [1.29, 1.82) is 0 Å². The highest BCUT2D eigenvalue weighted by atomic mass is 16.2. The molecule has 2 aromatic rings. The predicted molar refractivity (Wildman–Crippen MR) is 71.0 cm³/mol. The molecule has 0 atom stereocenters. The number of carbonyl (C=O) groups is 2. The molecule has 2 heterocycles. The van der Waals surface area contributed by atoms with Crippen molar-refractivity contribution in [3.8, 4) is 0 Å². The van der Waals surface area contributed by atoms with E-state index in [2.05, 4.69) is 4.98 Å². The molecular formula is C14H11N3O2. The van der Waals surface area contributed by atoms with Crippen LogP contribution in [0.25, 0.3) is 0 Å². The van der Waals surface area contributed by atoms with Gasteiger partial charge in [-0.05, 0) is 36.8 Å². The van der Waals surface area contributed by atoms with Crippen molar-refractivity contribution in [3.63, 3.8) is 0 Å². The number of nitrogen functional groups attached to an aromatic ring is 1. The maximum absolute atomic E-state index is 12.3. The number of anilines is 2. The van der Waals surface area contributed by atoms with Gasteiger partial charge in [0.15, 0.2) is 0 Å². The summed E-state index contributed by atoms with van der Waals surface area (Å²) in [4.78, 5) is 29.6. The third-order valence-electron chi connectivity index (χ3n) is 3.07. The van der Waals surface area contributed by atoms with Crippen LogP contribution in [-0.4, -0.2) is 16.8 Å². The third-order valence-corrected chi connectivity index (χ3v) is 3.07. The van der Waals surface area contributed by atoms with Gasteiger partial charge >= 0.3 is 0 Å². The van der Waals surface area contributed by atoms with Crippen molar-refractivity contribution >= 4 is 23.2 Å². The van der Waals surface area contributed by atoms with Crippen LogP contribution < -0.4 is 10.6 Å². The number of aromatic nitrogens is 1.